The highest BCUT2D eigenvalue weighted by molar-refractivity contribution is 9.10. The second-order valence-corrected chi connectivity index (χ2v) is 5.37. The summed E-state index contributed by atoms with van der Waals surface area (Å²) < 4.78 is 1.05. The summed E-state index contributed by atoms with van der Waals surface area (Å²) in [5.41, 5.74) is 9.61. The maximum atomic E-state index is 8.61. The minimum atomic E-state index is 0.116. The number of rotatable bonds is 4. The second-order valence-electron chi connectivity index (χ2n) is 4.52. The van der Waals surface area contributed by atoms with Crippen molar-refractivity contribution in [3.05, 3.63) is 63.6 Å². The van der Waals surface area contributed by atoms with Gasteiger partial charge in [0.15, 0.2) is 5.84 Å². The van der Waals surface area contributed by atoms with Crippen LogP contribution in [0.25, 0.3) is 0 Å². The van der Waals surface area contributed by atoms with Gasteiger partial charge in [-0.2, -0.15) is 0 Å². The van der Waals surface area contributed by atoms with Crippen LogP contribution in [0, 0.1) is 6.92 Å². The fourth-order valence-electron chi connectivity index (χ4n) is 1.81. The van der Waals surface area contributed by atoms with E-state index in [2.05, 4.69) is 45.5 Å². The van der Waals surface area contributed by atoms with Crippen LogP contribution in [0.4, 0.5) is 5.69 Å². The SMILES string of the molecule is Cc1ccc(NCc2ccc(C(N)=NO)cc2)c(Br)c1. The van der Waals surface area contributed by atoms with Crippen LogP contribution >= 0.6 is 15.9 Å². The van der Waals surface area contributed by atoms with Crippen molar-refractivity contribution >= 4 is 27.5 Å². The fourth-order valence-corrected chi connectivity index (χ4v) is 2.45. The summed E-state index contributed by atoms with van der Waals surface area (Å²) in [6, 6.07) is 13.7. The third kappa shape index (κ3) is 3.51. The summed E-state index contributed by atoms with van der Waals surface area (Å²) in [6.45, 7) is 2.76. The fraction of sp³-hybridized carbons (Fsp3) is 0.133. The summed E-state index contributed by atoms with van der Waals surface area (Å²) in [4.78, 5) is 0. The molecule has 0 spiro atoms. The van der Waals surface area contributed by atoms with Gasteiger partial charge in [-0.1, -0.05) is 35.5 Å². The van der Waals surface area contributed by atoms with E-state index in [0.29, 0.717) is 12.1 Å². The first-order valence-electron chi connectivity index (χ1n) is 6.17. The largest absolute Gasteiger partial charge is 0.409 e. The highest BCUT2D eigenvalue weighted by Gasteiger charge is 2.01. The zero-order valence-corrected chi connectivity index (χ0v) is 12.7. The van der Waals surface area contributed by atoms with Crippen molar-refractivity contribution in [2.45, 2.75) is 13.5 Å². The van der Waals surface area contributed by atoms with Gasteiger partial charge in [-0.15, -0.1) is 0 Å². The van der Waals surface area contributed by atoms with Crippen molar-refractivity contribution in [2.24, 2.45) is 10.9 Å². The molecule has 0 aliphatic rings. The molecule has 0 saturated carbocycles. The molecule has 0 atom stereocenters. The van der Waals surface area contributed by atoms with Gasteiger partial charge in [0.1, 0.15) is 0 Å². The van der Waals surface area contributed by atoms with Crippen LogP contribution in [0.15, 0.2) is 52.1 Å². The number of benzene rings is 2. The van der Waals surface area contributed by atoms with Gasteiger partial charge in [-0.05, 0) is 46.1 Å². The normalized spacial score (nSPS) is 11.4. The van der Waals surface area contributed by atoms with Crippen molar-refractivity contribution in [2.75, 3.05) is 5.32 Å². The first-order valence-corrected chi connectivity index (χ1v) is 6.96. The van der Waals surface area contributed by atoms with Gasteiger partial charge in [0.25, 0.3) is 0 Å². The number of hydrogen-bond acceptors (Lipinski definition) is 3. The van der Waals surface area contributed by atoms with Crippen LogP contribution < -0.4 is 11.1 Å². The Morgan fingerprint density at radius 1 is 1.25 bits per heavy atom. The van der Waals surface area contributed by atoms with Gasteiger partial charge in [0.2, 0.25) is 0 Å². The zero-order chi connectivity index (χ0) is 14.5. The molecule has 0 unspecified atom stereocenters. The minimum absolute atomic E-state index is 0.116. The minimum Gasteiger partial charge on any atom is -0.409 e. The molecule has 0 aliphatic heterocycles. The van der Waals surface area contributed by atoms with Gasteiger partial charge in [0, 0.05) is 22.3 Å². The van der Waals surface area contributed by atoms with Crippen LogP contribution in [0.5, 0.6) is 0 Å². The molecule has 0 amide bonds. The lowest BCUT2D eigenvalue weighted by Crippen LogP contribution is -2.13. The number of oxime groups is 1. The molecule has 0 aromatic heterocycles. The Morgan fingerprint density at radius 2 is 1.95 bits per heavy atom. The standard InChI is InChI=1S/C15H16BrN3O/c1-10-2-7-14(13(16)8-10)18-9-11-3-5-12(6-4-11)15(17)19-20/h2-8,18,20H,9H2,1H3,(H2,17,19). The maximum Gasteiger partial charge on any atom is 0.170 e. The predicted octanol–water partition coefficient (Wildman–Crippen LogP) is 3.46. The Balaban J connectivity index is 2.04. The van der Waals surface area contributed by atoms with Crippen molar-refractivity contribution < 1.29 is 5.21 Å². The highest BCUT2D eigenvalue weighted by Crippen LogP contribution is 2.23. The van der Waals surface area contributed by atoms with E-state index in [-0.39, 0.29) is 5.84 Å². The molecule has 4 nitrogen and oxygen atoms in total. The molecule has 0 fully saturated rings. The van der Waals surface area contributed by atoms with E-state index in [1.807, 2.05) is 30.3 Å². The summed E-state index contributed by atoms with van der Waals surface area (Å²) in [5.74, 6) is 0.116. The Morgan fingerprint density at radius 3 is 2.55 bits per heavy atom. The van der Waals surface area contributed by atoms with Crippen molar-refractivity contribution in [3.63, 3.8) is 0 Å². The Kier molecular flexibility index (Phi) is 4.63. The maximum absolute atomic E-state index is 8.61. The summed E-state index contributed by atoms with van der Waals surface area (Å²) in [7, 11) is 0. The predicted molar refractivity (Wildman–Crippen MR) is 85.2 cm³/mol. The number of nitrogens with two attached hydrogens (primary N) is 1. The van der Waals surface area contributed by atoms with E-state index in [1.165, 1.54) is 5.56 Å². The quantitative estimate of drug-likeness (QED) is 0.347. The molecule has 4 N–H and O–H groups in total. The van der Waals surface area contributed by atoms with Gasteiger partial charge >= 0.3 is 0 Å². The van der Waals surface area contributed by atoms with Gasteiger partial charge in [-0.25, -0.2) is 0 Å². The lowest BCUT2D eigenvalue weighted by Gasteiger charge is -2.09. The Labute approximate surface area is 126 Å². The van der Waals surface area contributed by atoms with E-state index in [1.54, 1.807) is 0 Å². The average molecular weight is 334 g/mol. The third-order valence-corrected chi connectivity index (χ3v) is 3.62. The van der Waals surface area contributed by atoms with Crippen LogP contribution in [-0.4, -0.2) is 11.0 Å². The van der Waals surface area contributed by atoms with Crippen molar-refractivity contribution in [3.8, 4) is 0 Å². The topological polar surface area (TPSA) is 70.6 Å². The molecular formula is C15H16BrN3O. The Hall–Kier alpha value is -2.01. The smallest absolute Gasteiger partial charge is 0.170 e. The molecule has 0 aliphatic carbocycles. The summed E-state index contributed by atoms with van der Waals surface area (Å²) >= 11 is 3.54. The average Bonchev–Trinajstić information content (AvgIpc) is 2.46. The molecule has 0 saturated heterocycles. The van der Waals surface area contributed by atoms with Gasteiger partial charge < -0.3 is 16.3 Å². The second kappa shape index (κ2) is 6.43. The third-order valence-electron chi connectivity index (χ3n) is 2.96. The summed E-state index contributed by atoms with van der Waals surface area (Å²) in [6.07, 6.45) is 0. The lowest BCUT2D eigenvalue weighted by molar-refractivity contribution is 0.318. The van der Waals surface area contributed by atoms with E-state index < -0.39 is 0 Å². The molecule has 0 radical (unpaired) electrons. The number of halogens is 1. The number of nitrogens with zero attached hydrogens (tertiary/aromatic N) is 1. The van der Waals surface area contributed by atoms with Gasteiger partial charge in [-0.3, -0.25) is 0 Å². The number of aryl methyl sites for hydroxylation is 1. The molecular weight excluding hydrogens is 318 g/mol. The Bertz CT molecular complexity index is 624. The van der Waals surface area contributed by atoms with Crippen molar-refractivity contribution in [1.82, 2.24) is 0 Å². The van der Waals surface area contributed by atoms with Crippen LogP contribution in [0.3, 0.4) is 0 Å². The monoisotopic (exact) mass is 333 g/mol. The lowest BCUT2D eigenvalue weighted by atomic mass is 10.1. The first kappa shape index (κ1) is 14.4. The van der Waals surface area contributed by atoms with Crippen molar-refractivity contribution in [1.29, 1.82) is 0 Å². The molecule has 2 rings (SSSR count). The van der Waals surface area contributed by atoms with Gasteiger partial charge in [0.05, 0.1) is 0 Å². The summed E-state index contributed by atoms with van der Waals surface area (Å²) in [5, 5.41) is 14.9. The number of amidine groups is 1. The number of hydrogen-bond donors (Lipinski definition) is 3. The van der Waals surface area contributed by atoms with E-state index in [0.717, 1.165) is 15.7 Å². The molecule has 2 aromatic carbocycles. The molecule has 104 valence electrons. The first-order chi connectivity index (χ1) is 9.60. The van der Waals surface area contributed by atoms with E-state index in [9.17, 15) is 0 Å². The number of nitrogens with one attached hydrogen (secondary N) is 1. The van der Waals surface area contributed by atoms with Crippen LogP contribution in [0.2, 0.25) is 0 Å². The molecule has 0 bridgehead atoms. The van der Waals surface area contributed by atoms with Crippen LogP contribution in [0.1, 0.15) is 16.7 Å². The molecule has 2 aromatic rings. The highest BCUT2D eigenvalue weighted by atomic mass is 79.9. The van der Waals surface area contributed by atoms with Crippen LogP contribution in [-0.2, 0) is 6.54 Å². The molecule has 20 heavy (non-hydrogen) atoms. The van der Waals surface area contributed by atoms with E-state index >= 15 is 0 Å². The van der Waals surface area contributed by atoms with E-state index in [4.69, 9.17) is 10.9 Å². The molecule has 5 heteroatoms. The number of anilines is 1. The molecule has 0 heterocycles. The zero-order valence-electron chi connectivity index (χ0n) is 11.1.